The zero-order valence-electron chi connectivity index (χ0n) is 16.6. The van der Waals surface area contributed by atoms with E-state index in [9.17, 15) is 13.2 Å². The van der Waals surface area contributed by atoms with Crippen LogP contribution in [0, 0.1) is 0 Å². The summed E-state index contributed by atoms with van der Waals surface area (Å²) in [7, 11) is -3.51. The minimum Gasteiger partial charge on any atom is -0.366 e. The molecule has 154 valence electrons. The first-order valence-corrected chi connectivity index (χ1v) is 11.5. The summed E-state index contributed by atoms with van der Waals surface area (Å²) in [6.07, 6.45) is 0.566. The van der Waals surface area contributed by atoms with Crippen molar-refractivity contribution in [2.45, 2.75) is 18.9 Å². The van der Waals surface area contributed by atoms with E-state index < -0.39 is 15.9 Å². The molecule has 0 bridgehead atoms. The number of nitrogens with two attached hydrogens (primary N) is 1. The fourth-order valence-corrected chi connectivity index (χ4v) is 5.71. The van der Waals surface area contributed by atoms with Gasteiger partial charge in [0, 0.05) is 24.6 Å². The summed E-state index contributed by atoms with van der Waals surface area (Å²) in [5.41, 5.74) is 9.69. The molecule has 1 aliphatic heterocycles. The van der Waals surface area contributed by atoms with Crippen LogP contribution in [0.25, 0.3) is 0 Å². The van der Waals surface area contributed by atoms with Crippen LogP contribution in [0.5, 0.6) is 0 Å². The third-order valence-electron chi connectivity index (χ3n) is 5.64. The van der Waals surface area contributed by atoms with Gasteiger partial charge in [-0.1, -0.05) is 66.7 Å². The topological polar surface area (TPSA) is 80.5 Å². The van der Waals surface area contributed by atoms with Crippen LogP contribution in [-0.4, -0.2) is 30.9 Å². The van der Waals surface area contributed by atoms with E-state index in [-0.39, 0.29) is 11.7 Å². The zero-order valence-corrected chi connectivity index (χ0v) is 17.4. The van der Waals surface area contributed by atoms with Crippen molar-refractivity contribution in [3.8, 4) is 0 Å². The van der Waals surface area contributed by atoms with Gasteiger partial charge in [-0.05, 0) is 40.8 Å². The van der Waals surface area contributed by atoms with E-state index in [1.54, 1.807) is 16.4 Å². The first-order valence-electron chi connectivity index (χ1n) is 9.93. The van der Waals surface area contributed by atoms with Crippen molar-refractivity contribution in [1.82, 2.24) is 4.31 Å². The van der Waals surface area contributed by atoms with Crippen LogP contribution in [0.1, 0.15) is 38.5 Å². The van der Waals surface area contributed by atoms with Gasteiger partial charge in [0.05, 0.1) is 5.75 Å². The van der Waals surface area contributed by atoms with Crippen LogP contribution in [-0.2, 0) is 23.0 Å². The molecular formula is C24H24N2O3S. The summed E-state index contributed by atoms with van der Waals surface area (Å²) in [4.78, 5) is 11.4. The van der Waals surface area contributed by atoms with Gasteiger partial charge >= 0.3 is 0 Å². The quantitative estimate of drug-likeness (QED) is 0.664. The number of carbonyl (C=O) groups is 1. The lowest BCUT2D eigenvalue weighted by Gasteiger charge is -2.30. The maximum atomic E-state index is 13.4. The van der Waals surface area contributed by atoms with Gasteiger partial charge < -0.3 is 5.73 Å². The van der Waals surface area contributed by atoms with Gasteiger partial charge in [0.2, 0.25) is 15.9 Å². The van der Waals surface area contributed by atoms with Crippen molar-refractivity contribution >= 4 is 15.9 Å². The number of benzene rings is 3. The van der Waals surface area contributed by atoms with Gasteiger partial charge in [-0.15, -0.1) is 0 Å². The van der Waals surface area contributed by atoms with Crippen molar-refractivity contribution in [3.05, 3.63) is 107 Å². The van der Waals surface area contributed by atoms with Gasteiger partial charge in [-0.2, -0.15) is 4.31 Å². The maximum Gasteiger partial charge on any atom is 0.248 e. The zero-order chi connectivity index (χ0) is 21.1. The van der Waals surface area contributed by atoms with Gasteiger partial charge in [0.1, 0.15) is 0 Å². The summed E-state index contributed by atoms with van der Waals surface area (Å²) in [6, 6.07) is 24.8. The van der Waals surface area contributed by atoms with Crippen LogP contribution < -0.4 is 5.73 Å². The van der Waals surface area contributed by atoms with Gasteiger partial charge in [0.15, 0.2) is 0 Å². The Labute approximate surface area is 177 Å². The van der Waals surface area contributed by atoms with Crippen molar-refractivity contribution in [2.75, 3.05) is 12.3 Å². The number of carbonyl (C=O) groups excluding carboxylic acids is 1. The molecule has 3 aromatic rings. The lowest BCUT2D eigenvalue weighted by Crippen LogP contribution is -2.39. The fourth-order valence-electron chi connectivity index (χ4n) is 3.99. The Kier molecular flexibility index (Phi) is 5.70. The fraction of sp³-hybridized carbons (Fsp3) is 0.208. The van der Waals surface area contributed by atoms with Crippen LogP contribution in [0.4, 0.5) is 0 Å². The maximum absolute atomic E-state index is 13.4. The first-order chi connectivity index (χ1) is 14.4. The largest absolute Gasteiger partial charge is 0.366 e. The molecule has 0 spiro atoms. The average Bonchev–Trinajstić information content (AvgIpc) is 2.78. The second kappa shape index (κ2) is 8.42. The molecule has 0 fully saturated rings. The molecule has 0 saturated heterocycles. The first kappa shape index (κ1) is 20.3. The summed E-state index contributed by atoms with van der Waals surface area (Å²) >= 11 is 0. The molecule has 30 heavy (non-hydrogen) atoms. The molecule has 1 heterocycles. The highest BCUT2D eigenvalue weighted by Crippen LogP contribution is 2.29. The Morgan fingerprint density at radius 3 is 2.07 bits per heavy atom. The summed E-state index contributed by atoms with van der Waals surface area (Å²) < 4.78 is 28.3. The van der Waals surface area contributed by atoms with Crippen LogP contribution in [0.2, 0.25) is 0 Å². The lowest BCUT2D eigenvalue weighted by molar-refractivity contribution is 0.1000. The molecule has 6 heteroatoms. The van der Waals surface area contributed by atoms with Gasteiger partial charge in [0.25, 0.3) is 0 Å². The number of hydrogen-bond acceptors (Lipinski definition) is 3. The third-order valence-corrected chi connectivity index (χ3v) is 7.50. The van der Waals surface area contributed by atoms with E-state index >= 15 is 0 Å². The standard InChI is InChI=1S/C24H24N2O3S/c25-24(27)21-11-12-22-16-26(14-13-20(22)15-21)30(28,29)17-23(18-7-3-1-4-8-18)19-9-5-2-6-10-19/h1-12,15,23H,13-14,16-17H2,(H2,25,27). The Hall–Kier alpha value is -2.96. The second-order valence-corrected chi connectivity index (χ2v) is 9.60. The van der Waals surface area contributed by atoms with E-state index in [4.69, 9.17) is 5.73 Å². The molecule has 1 aliphatic rings. The predicted octanol–water partition coefficient (Wildman–Crippen LogP) is 3.31. The van der Waals surface area contributed by atoms with Crippen molar-refractivity contribution in [3.63, 3.8) is 0 Å². The van der Waals surface area contributed by atoms with Crippen LogP contribution in [0.3, 0.4) is 0 Å². The summed E-state index contributed by atoms with van der Waals surface area (Å²) in [5, 5.41) is 0. The smallest absolute Gasteiger partial charge is 0.248 e. The highest BCUT2D eigenvalue weighted by Gasteiger charge is 2.30. The summed E-state index contributed by atoms with van der Waals surface area (Å²) in [6.45, 7) is 0.709. The number of hydrogen-bond donors (Lipinski definition) is 1. The van der Waals surface area contributed by atoms with Gasteiger partial charge in [-0.25, -0.2) is 8.42 Å². The molecule has 0 radical (unpaired) electrons. The molecule has 0 aromatic heterocycles. The number of sulfonamides is 1. The molecule has 0 aliphatic carbocycles. The van der Waals surface area contributed by atoms with E-state index in [0.29, 0.717) is 25.1 Å². The van der Waals surface area contributed by atoms with Crippen molar-refractivity contribution in [2.24, 2.45) is 5.73 Å². The Morgan fingerprint density at radius 1 is 0.900 bits per heavy atom. The molecule has 5 nitrogen and oxygen atoms in total. The number of fused-ring (bicyclic) bond motifs is 1. The van der Waals surface area contributed by atoms with Crippen LogP contribution >= 0.6 is 0 Å². The predicted molar refractivity (Wildman–Crippen MR) is 118 cm³/mol. The molecule has 0 unspecified atom stereocenters. The third kappa shape index (κ3) is 4.30. The second-order valence-electron chi connectivity index (χ2n) is 7.58. The Balaban J connectivity index is 1.60. The number of amides is 1. The van der Waals surface area contributed by atoms with Crippen LogP contribution in [0.15, 0.2) is 78.9 Å². The van der Waals surface area contributed by atoms with E-state index in [0.717, 1.165) is 22.3 Å². The SMILES string of the molecule is NC(=O)c1ccc2c(c1)CCN(S(=O)(=O)CC(c1ccccc1)c1ccccc1)C2. The monoisotopic (exact) mass is 420 g/mol. The normalized spacial score (nSPS) is 14.4. The Morgan fingerprint density at radius 2 is 1.50 bits per heavy atom. The number of rotatable bonds is 6. The molecule has 2 N–H and O–H groups in total. The van der Waals surface area contributed by atoms with E-state index in [2.05, 4.69) is 0 Å². The highest BCUT2D eigenvalue weighted by molar-refractivity contribution is 7.89. The van der Waals surface area contributed by atoms with Crippen molar-refractivity contribution < 1.29 is 13.2 Å². The summed E-state index contributed by atoms with van der Waals surface area (Å²) in [5.74, 6) is -0.701. The highest BCUT2D eigenvalue weighted by atomic mass is 32.2. The minimum absolute atomic E-state index is 0.00965. The van der Waals surface area contributed by atoms with Gasteiger partial charge in [-0.3, -0.25) is 4.79 Å². The lowest BCUT2D eigenvalue weighted by atomic mass is 9.93. The molecule has 1 amide bonds. The molecule has 0 atom stereocenters. The molecular weight excluding hydrogens is 396 g/mol. The minimum atomic E-state index is -3.51. The average molecular weight is 421 g/mol. The Bertz CT molecular complexity index is 1110. The van der Waals surface area contributed by atoms with E-state index in [1.807, 2.05) is 66.7 Å². The van der Waals surface area contributed by atoms with Crippen molar-refractivity contribution in [1.29, 1.82) is 0 Å². The molecule has 4 rings (SSSR count). The number of primary amides is 1. The molecule has 3 aromatic carbocycles. The van der Waals surface area contributed by atoms with E-state index in [1.165, 1.54) is 0 Å². The molecule has 0 saturated carbocycles. The number of nitrogens with zero attached hydrogens (tertiary/aromatic N) is 1.